The summed E-state index contributed by atoms with van der Waals surface area (Å²) in [6.07, 6.45) is -4.07. The van der Waals surface area contributed by atoms with Crippen LogP contribution in [0.5, 0.6) is 0 Å². The fraction of sp³-hybridized carbons (Fsp3) is 0.500. The Morgan fingerprint density at radius 2 is 2.05 bits per heavy atom. The Labute approximate surface area is 120 Å². The molecule has 0 bridgehead atoms. The summed E-state index contributed by atoms with van der Waals surface area (Å²) in [5.74, 6) is -0.457. The summed E-state index contributed by atoms with van der Waals surface area (Å²) in [5, 5.41) is 19.5. The number of ketones is 1. The maximum absolute atomic E-state index is 11.7. The van der Waals surface area contributed by atoms with Crippen molar-refractivity contribution in [3.63, 3.8) is 0 Å². The minimum atomic E-state index is -1.44. The number of carbonyl (C=O) groups is 1. The van der Waals surface area contributed by atoms with Crippen LogP contribution >= 0.6 is 22.6 Å². The van der Waals surface area contributed by atoms with Crippen molar-refractivity contribution < 1.29 is 19.7 Å². The van der Waals surface area contributed by atoms with Gasteiger partial charge in [0.1, 0.15) is 18.3 Å². The number of halogens is 1. The Bertz CT molecular complexity index is 623. The molecular weight excluding hydrogens is 371 g/mol. The highest BCUT2D eigenvalue weighted by atomic mass is 127. The first-order valence-corrected chi connectivity index (χ1v) is 6.44. The Kier molecular flexibility index (Phi) is 3.90. The third kappa shape index (κ3) is 2.50. The molecule has 3 N–H and O–H groups in total. The molecule has 1 aromatic heterocycles. The zero-order valence-corrected chi connectivity index (χ0v) is 11.9. The number of Topliss-reactive ketones (excluding diaryl/α,β-unsaturated/α-hetero) is 1. The van der Waals surface area contributed by atoms with E-state index in [4.69, 9.17) is 4.74 Å². The predicted octanol–water partition coefficient (Wildman–Crippen LogP) is -1.65. The molecule has 2 rings (SSSR count). The van der Waals surface area contributed by atoms with Crippen molar-refractivity contribution in [1.29, 1.82) is 0 Å². The summed E-state index contributed by atoms with van der Waals surface area (Å²) in [6.45, 7) is 1.21. The molecular formula is C10H11IN2O6. The number of hydrogen-bond donors (Lipinski definition) is 3. The summed E-state index contributed by atoms with van der Waals surface area (Å²) >= 11 is 1.71. The molecule has 0 radical (unpaired) electrons. The molecule has 0 aromatic carbocycles. The zero-order valence-electron chi connectivity index (χ0n) is 9.74. The molecule has 1 aliphatic rings. The van der Waals surface area contributed by atoms with E-state index in [1.165, 1.54) is 13.1 Å². The number of hydrogen-bond acceptors (Lipinski definition) is 6. The quantitative estimate of drug-likeness (QED) is 0.527. The SMILES string of the molecule is CC(=O)[C@H]1O[C@@H](n2cc(I)c(=O)[nH]c2=O)[C@H](O)[C@@H]1O. The second kappa shape index (κ2) is 5.15. The molecule has 1 fully saturated rings. The van der Waals surface area contributed by atoms with E-state index in [1.54, 1.807) is 22.6 Å². The molecule has 0 saturated carbocycles. The van der Waals surface area contributed by atoms with E-state index in [0.717, 1.165) is 4.57 Å². The van der Waals surface area contributed by atoms with Crippen LogP contribution in [0, 0.1) is 3.57 Å². The van der Waals surface area contributed by atoms with Gasteiger partial charge in [0.15, 0.2) is 12.0 Å². The van der Waals surface area contributed by atoms with Gasteiger partial charge in [-0.3, -0.25) is 19.1 Å². The maximum atomic E-state index is 11.7. The van der Waals surface area contributed by atoms with Gasteiger partial charge in [-0.05, 0) is 29.5 Å². The second-order valence-corrected chi connectivity index (χ2v) is 5.34. The number of carbonyl (C=O) groups excluding carboxylic acids is 1. The zero-order chi connectivity index (χ0) is 14.3. The third-order valence-electron chi connectivity index (χ3n) is 2.84. The van der Waals surface area contributed by atoms with Crippen molar-refractivity contribution in [3.05, 3.63) is 30.6 Å². The van der Waals surface area contributed by atoms with Crippen molar-refractivity contribution >= 4 is 28.4 Å². The van der Waals surface area contributed by atoms with E-state index < -0.39 is 41.6 Å². The number of aliphatic hydroxyl groups excluding tert-OH is 2. The standard InChI is InChI=1S/C10H11IN2O6/c1-3(14)7-5(15)6(16)9(19-7)13-2-4(11)8(17)12-10(13)18/h2,5-7,9,15-16H,1H3,(H,12,17,18)/t5-,6+,7+,9+/m0/s1. The first kappa shape index (κ1) is 14.4. The first-order chi connectivity index (χ1) is 8.82. The number of aromatic amines is 1. The number of H-pyrrole nitrogens is 1. The van der Waals surface area contributed by atoms with Gasteiger partial charge in [0.25, 0.3) is 5.56 Å². The molecule has 0 amide bonds. The summed E-state index contributed by atoms with van der Waals surface area (Å²) < 4.78 is 6.36. The van der Waals surface area contributed by atoms with E-state index in [9.17, 15) is 24.6 Å². The Morgan fingerprint density at radius 3 is 2.58 bits per heavy atom. The average molecular weight is 382 g/mol. The lowest BCUT2D eigenvalue weighted by molar-refractivity contribution is -0.133. The minimum Gasteiger partial charge on any atom is -0.387 e. The molecule has 0 aliphatic carbocycles. The van der Waals surface area contributed by atoms with Crippen LogP contribution in [-0.2, 0) is 9.53 Å². The molecule has 0 spiro atoms. The molecule has 1 aromatic rings. The normalized spacial score (nSPS) is 30.5. The Hall–Kier alpha value is -1.04. The fourth-order valence-corrected chi connectivity index (χ4v) is 2.31. The predicted molar refractivity (Wildman–Crippen MR) is 70.6 cm³/mol. The summed E-state index contributed by atoms with van der Waals surface area (Å²) in [7, 11) is 0. The molecule has 19 heavy (non-hydrogen) atoms. The lowest BCUT2D eigenvalue weighted by atomic mass is 10.1. The van der Waals surface area contributed by atoms with E-state index >= 15 is 0 Å². The van der Waals surface area contributed by atoms with Gasteiger partial charge in [0, 0.05) is 6.20 Å². The average Bonchev–Trinajstić information content (AvgIpc) is 2.62. The molecule has 1 saturated heterocycles. The van der Waals surface area contributed by atoms with Gasteiger partial charge in [0.05, 0.1) is 3.57 Å². The number of aromatic nitrogens is 2. The maximum Gasteiger partial charge on any atom is 0.330 e. The highest BCUT2D eigenvalue weighted by Gasteiger charge is 2.46. The molecule has 1 aliphatic heterocycles. The number of ether oxygens (including phenoxy) is 1. The van der Waals surface area contributed by atoms with Crippen molar-refractivity contribution in [2.75, 3.05) is 0 Å². The van der Waals surface area contributed by atoms with Gasteiger partial charge < -0.3 is 14.9 Å². The fourth-order valence-electron chi connectivity index (χ4n) is 1.88. The molecule has 104 valence electrons. The third-order valence-corrected chi connectivity index (χ3v) is 3.61. The highest BCUT2D eigenvalue weighted by molar-refractivity contribution is 14.1. The molecule has 8 nitrogen and oxygen atoms in total. The highest BCUT2D eigenvalue weighted by Crippen LogP contribution is 2.28. The van der Waals surface area contributed by atoms with Gasteiger partial charge >= 0.3 is 5.69 Å². The van der Waals surface area contributed by atoms with E-state index in [0.29, 0.717) is 0 Å². The van der Waals surface area contributed by atoms with Crippen LogP contribution in [0.4, 0.5) is 0 Å². The van der Waals surface area contributed by atoms with Gasteiger partial charge in [-0.1, -0.05) is 0 Å². The lowest BCUT2D eigenvalue weighted by Crippen LogP contribution is -2.38. The summed E-state index contributed by atoms with van der Waals surface area (Å²) in [4.78, 5) is 36.2. The van der Waals surface area contributed by atoms with Crippen molar-refractivity contribution in [2.24, 2.45) is 0 Å². The van der Waals surface area contributed by atoms with Gasteiger partial charge in [-0.15, -0.1) is 0 Å². The Morgan fingerprint density at radius 1 is 1.42 bits per heavy atom. The van der Waals surface area contributed by atoms with Gasteiger partial charge in [0.2, 0.25) is 0 Å². The topological polar surface area (TPSA) is 122 Å². The van der Waals surface area contributed by atoms with Crippen molar-refractivity contribution in [3.8, 4) is 0 Å². The van der Waals surface area contributed by atoms with Crippen LogP contribution in [-0.4, -0.2) is 43.9 Å². The Balaban J connectivity index is 2.44. The van der Waals surface area contributed by atoms with E-state index in [-0.39, 0.29) is 3.57 Å². The monoisotopic (exact) mass is 382 g/mol. The van der Waals surface area contributed by atoms with Crippen LogP contribution in [0.2, 0.25) is 0 Å². The summed E-state index contributed by atoms with van der Waals surface area (Å²) in [6, 6.07) is 0. The van der Waals surface area contributed by atoms with Crippen molar-refractivity contribution in [2.45, 2.75) is 31.5 Å². The van der Waals surface area contributed by atoms with Crippen LogP contribution in [0.3, 0.4) is 0 Å². The van der Waals surface area contributed by atoms with Crippen LogP contribution in [0.1, 0.15) is 13.2 Å². The minimum absolute atomic E-state index is 0.216. The molecule has 4 atom stereocenters. The number of nitrogens with one attached hydrogen (secondary N) is 1. The smallest absolute Gasteiger partial charge is 0.330 e. The van der Waals surface area contributed by atoms with E-state index in [1.807, 2.05) is 0 Å². The molecule has 0 unspecified atom stereocenters. The van der Waals surface area contributed by atoms with Crippen molar-refractivity contribution in [1.82, 2.24) is 9.55 Å². The van der Waals surface area contributed by atoms with E-state index in [2.05, 4.69) is 4.98 Å². The van der Waals surface area contributed by atoms with Crippen LogP contribution in [0.15, 0.2) is 15.8 Å². The largest absolute Gasteiger partial charge is 0.387 e. The molecule has 9 heteroatoms. The first-order valence-electron chi connectivity index (χ1n) is 5.36. The lowest BCUT2D eigenvalue weighted by Gasteiger charge is -2.16. The van der Waals surface area contributed by atoms with Gasteiger partial charge in [-0.2, -0.15) is 0 Å². The number of nitrogens with zero attached hydrogens (tertiary/aromatic N) is 1. The van der Waals surface area contributed by atoms with Crippen LogP contribution < -0.4 is 11.2 Å². The van der Waals surface area contributed by atoms with Gasteiger partial charge in [-0.25, -0.2) is 4.79 Å². The van der Waals surface area contributed by atoms with Crippen LogP contribution in [0.25, 0.3) is 0 Å². The molecule has 2 heterocycles. The number of rotatable bonds is 2. The summed E-state index contributed by atoms with van der Waals surface area (Å²) in [5.41, 5.74) is -1.34. The number of aliphatic hydroxyl groups is 2. The second-order valence-electron chi connectivity index (χ2n) is 4.18.